The van der Waals surface area contributed by atoms with E-state index in [1.165, 1.54) is 14.2 Å². The number of nitrogens with zero attached hydrogens (tertiary/aromatic N) is 1. The van der Waals surface area contributed by atoms with Crippen molar-refractivity contribution >= 4 is 29.3 Å². The van der Waals surface area contributed by atoms with E-state index in [0.29, 0.717) is 29.2 Å². The molecule has 0 aromatic heterocycles. The van der Waals surface area contributed by atoms with Crippen LogP contribution in [-0.2, 0) is 27.5 Å². The van der Waals surface area contributed by atoms with E-state index < -0.39 is 35.7 Å². The maximum atomic E-state index is 13.1. The molecule has 11 heteroatoms. The van der Waals surface area contributed by atoms with Crippen LogP contribution < -0.4 is 30.7 Å². The second kappa shape index (κ2) is 15.7. The Balaban J connectivity index is 1.98. The standard InChI is InChI=1S/C29H37N5O6/c1-7-24(26(35)28(37)31-17-20-13-22(39-5)15-23(14-20)40-6)33-27(36)25(12-18(2)3)34-29(38)32-16-19-8-10-21(30-4)11-9-19/h8-11,13-15,18,24-25H,7,12,16-17H2,1-3,5-6H3,(H,31,37)(H,33,36)(H2,32,34,38)/t24?,25-/m0/s1. The molecule has 2 atom stereocenters. The molecule has 2 aromatic rings. The number of amides is 4. The lowest BCUT2D eigenvalue weighted by Crippen LogP contribution is -2.55. The van der Waals surface area contributed by atoms with Crippen molar-refractivity contribution in [3.05, 3.63) is 65.0 Å². The Morgan fingerprint density at radius 1 is 0.850 bits per heavy atom. The molecule has 0 saturated heterocycles. The Bertz CT molecular complexity index is 1200. The number of carbonyl (C=O) groups excluding carboxylic acids is 4. The highest BCUT2D eigenvalue weighted by Crippen LogP contribution is 2.22. The predicted octanol–water partition coefficient (Wildman–Crippen LogP) is 3.25. The molecule has 0 radical (unpaired) electrons. The smallest absolute Gasteiger partial charge is 0.315 e. The summed E-state index contributed by atoms with van der Waals surface area (Å²) in [6.45, 7) is 12.8. The number of methoxy groups -OCH3 is 2. The zero-order chi connectivity index (χ0) is 29.7. The number of ether oxygens (including phenoxy) is 2. The van der Waals surface area contributed by atoms with E-state index in [0.717, 1.165) is 5.56 Å². The van der Waals surface area contributed by atoms with Crippen LogP contribution in [0.1, 0.15) is 44.7 Å². The molecule has 2 aromatic carbocycles. The average molecular weight is 552 g/mol. The Hall–Kier alpha value is -4.59. The van der Waals surface area contributed by atoms with Crippen LogP contribution in [0.3, 0.4) is 0 Å². The first-order valence-electron chi connectivity index (χ1n) is 12.9. The molecule has 0 aliphatic rings. The van der Waals surface area contributed by atoms with Crippen LogP contribution >= 0.6 is 0 Å². The first-order valence-corrected chi connectivity index (χ1v) is 12.9. The Labute approximate surface area is 234 Å². The number of urea groups is 1. The van der Waals surface area contributed by atoms with Crippen molar-refractivity contribution in [2.75, 3.05) is 14.2 Å². The van der Waals surface area contributed by atoms with Gasteiger partial charge in [-0.15, -0.1) is 0 Å². The summed E-state index contributed by atoms with van der Waals surface area (Å²) in [6, 6.07) is 9.36. The number of hydrogen-bond donors (Lipinski definition) is 4. The van der Waals surface area contributed by atoms with Gasteiger partial charge in [0.15, 0.2) is 5.69 Å². The first-order chi connectivity index (χ1) is 19.1. The molecule has 0 aliphatic heterocycles. The molecule has 0 aliphatic carbocycles. The summed E-state index contributed by atoms with van der Waals surface area (Å²) in [7, 11) is 3.02. The molecule has 40 heavy (non-hydrogen) atoms. The van der Waals surface area contributed by atoms with Crippen molar-refractivity contribution in [1.82, 2.24) is 21.3 Å². The van der Waals surface area contributed by atoms with Gasteiger partial charge in [-0.3, -0.25) is 14.4 Å². The van der Waals surface area contributed by atoms with Gasteiger partial charge in [0, 0.05) is 19.2 Å². The maximum absolute atomic E-state index is 13.1. The Morgan fingerprint density at radius 2 is 1.45 bits per heavy atom. The van der Waals surface area contributed by atoms with E-state index in [4.69, 9.17) is 16.0 Å². The van der Waals surface area contributed by atoms with Gasteiger partial charge in [-0.25, -0.2) is 9.64 Å². The number of ketones is 1. The van der Waals surface area contributed by atoms with Gasteiger partial charge in [-0.2, -0.15) is 0 Å². The summed E-state index contributed by atoms with van der Waals surface area (Å²) in [6.07, 6.45) is 0.514. The number of Topliss-reactive ketones (excluding diaryl/α,β-unsaturated/α-hetero) is 1. The topological polar surface area (TPSA) is 139 Å². The summed E-state index contributed by atoms with van der Waals surface area (Å²) in [5.41, 5.74) is 1.96. The lowest BCUT2D eigenvalue weighted by molar-refractivity contribution is -0.140. The van der Waals surface area contributed by atoms with Gasteiger partial charge in [0.2, 0.25) is 11.7 Å². The molecular formula is C29H37N5O6. The second-order valence-corrected chi connectivity index (χ2v) is 9.52. The molecule has 0 bridgehead atoms. The largest absolute Gasteiger partial charge is 0.497 e. The third-order valence-corrected chi connectivity index (χ3v) is 5.98. The molecule has 214 valence electrons. The molecule has 1 unspecified atom stereocenters. The summed E-state index contributed by atoms with van der Waals surface area (Å²) < 4.78 is 10.4. The number of hydrogen-bond acceptors (Lipinski definition) is 6. The van der Waals surface area contributed by atoms with E-state index in [-0.39, 0.29) is 25.4 Å². The number of benzene rings is 2. The van der Waals surface area contributed by atoms with Crippen molar-refractivity contribution < 1.29 is 28.7 Å². The van der Waals surface area contributed by atoms with Crippen LogP contribution in [-0.4, -0.2) is 49.9 Å². The highest BCUT2D eigenvalue weighted by atomic mass is 16.5. The number of nitrogens with one attached hydrogen (secondary N) is 4. The summed E-state index contributed by atoms with van der Waals surface area (Å²) in [5.74, 6) is -1.05. The molecule has 4 N–H and O–H groups in total. The van der Waals surface area contributed by atoms with Gasteiger partial charge in [0.25, 0.3) is 5.91 Å². The zero-order valence-electron chi connectivity index (χ0n) is 23.5. The van der Waals surface area contributed by atoms with Crippen LogP contribution in [0.2, 0.25) is 0 Å². The summed E-state index contributed by atoms with van der Waals surface area (Å²) >= 11 is 0. The van der Waals surface area contributed by atoms with E-state index >= 15 is 0 Å². The van der Waals surface area contributed by atoms with Crippen LogP contribution in [0.25, 0.3) is 4.85 Å². The Morgan fingerprint density at radius 3 is 1.98 bits per heavy atom. The van der Waals surface area contributed by atoms with Gasteiger partial charge in [0.1, 0.15) is 17.5 Å². The second-order valence-electron chi connectivity index (χ2n) is 9.52. The fourth-order valence-electron chi connectivity index (χ4n) is 3.80. The van der Waals surface area contributed by atoms with Gasteiger partial charge in [0.05, 0.1) is 26.8 Å². The molecule has 0 spiro atoms. The van der Waals surface area contributed by atoms with E-state index in [1.807, 2.05) is 13.8 Å². The normalized spacial score (nSPS) is 11.9. The summed E-state index contributed by atoms with van der Waals surface area (Å²) in [5, 5.41) is 10.6. The van der Waals surface area contributed by atoms with E-state index in [2.05, 4.69) is 26.1 Å². The molecule has 0 heterocycles. The lowest BCUT2D eigenvalue weighted by atomic mass is 10.0. The van der Waals surface area contributed by atoms with Crippen molar-refractivity contribution in [2.45, 2.75) is 58.8 Å². The molecule has 4 amide bonds. The third kappa shape index (κ3) is 9.94. The summed E-state index contributed by atoms with van der Waals surface area (Å²) in [4.78, 5) is 54.4. The highest BCUT2D eigenvalue weighted by Gasteiger charge is 2.29. The maximum Gasteiger partial charge on any atom is 0.315 e. The fraction of sp³-hybridized carbons (Fsp3) is 0.414. The van der Waals surface area contributed by atoms with Crippen LogP contribution in [0.5, 0.6) is 11.5 Å². The quantitative estimate of drug-likeness (QED) is 0.210. The minimum absolute atomic E-state index is 0.0564. The predicted molar refractivity (Wildman–Crippen MR) is 150 cm³/mol. The molecule has 0 fully saturated rings. The average Bonchev–Trinajstić information content (AvgIpc) is 2.96. The number of carbonyl (C=O) groups is 4. The van der Waals surface area contributed by atoms with Crippen molar-refractivity contribution in [3.63, 3.8) is 0 Å². The van der Waals surface area contributed by atoms with Gasteiger partial charge < -0.3 is 30.7 Å². The zero-order valence-corrected chi connectivity index (χ0v) is 23.5. The van der Waals surface area contributed by atoms with Crippen LogP contribution in [0.15, 0.2) is 42.5 Å². The van der Waals surface area contributed by atoms with Gasteiger partial charge in [-0.05, 0) is 42.0 Å². The third-order valence-electron chi connectivity index (χ3n) is 5.98. The first kappa shape index (κ1) is 31.6. The number of rotatable bonds is 14. The molecule has 11 nitrogen and oxygen atoms in total. The van der Waals surface area contributed by atoms with Crippen molar-refractivity contribution in [1.29, 1.82) is 0 Å². The van der Waals surface area contributed by atoms with Crippen LogP contribution in [0.4, 0.5) is 10.5 Å². The fourth-order valence-corrected chi connectivity index (χ4v) is 3.80. The van der Waals surface area contributed by atoms with Gasteiger partial charge >= 0.3 is 6.03 Å². The monoisotopic (exact) mass is 551 g/mol. The lowest BCUT2D eigenvalue weighted by Gasteiger charge is -2.23. The Kier molecular flexibility index (Phi) is 12.4. The molecule has 0 saturated carbocycles. The van der Waals surface area contributed by atoms with Crippen molar-refractivity contribution in [2.24, 2.45) is 5.92 Å². The van der Waals surface area contributed by atoms with Crippen molar-refractivity contribution in [3.8, 4) is 11.5 Å². The van der Waals surface area contributed by atoms with E-state index in [9.17, 15) is 19.2 Å². The highest BCUT2D eigenvalue weighted by molar-refractivity contribution is 6.38. The van der Waals surface area contributed by atoms with Gasteiger partial charge in [-0.1, -0.05) is 45.0 Å². The van der Waals surface area contributed by atoms with Crippen LogP contribution in [0, 0.1) is 12.5 Å². The SMILES string of the molecule is [C-]#[N+]c1ccc(CNC(=O)N[C@@H](CC(C)C)C(=O)NC(CC)C(=O)C(=O)NCc2cc(OC)cc(OC)c2)cc1. The molecule has 2 rings (SSSR count). The minimum Gasteiger partial charge on any atom is -0.497 e. The molecular weight excluding hydrogens is 514 g/mol. The van der Waals surface area contributed by atoms with E-state index in [1.54, 1.807) is 49.4 Å². The minimum atomic E-state index is -1.06.